The fraction of sp³-hybridized carbons (Fsp3) is 1.00. The van der Waals surface area contributed by atoms with Crippen LogP contribution >= 0.6 is 0 Å². The fourth-order valence-corrected chi connectivity index (χ4v) is 5.20. The predicted molar refractivity (Wildman–Crippen MR) is 66.3 cm³/mol. The summed E-state index contributed by atoms with van der Waals surface area (Å²) in [6.07, 6.45) is 2.62. The van der Waals surface area contributed by atoms with Crippen molar-refractivity contribution in [3.63, 3.8) is 0 Å². The number of unbranched alkanes of at least 4 members (excludes halogenated alkanes) is 1. The molecular formula is C11H27NOSi. The van der Waals surface area contributed by atoms with Gasteiger partial charge < -0.3 is 9.74 Å². The molecule has 14 heavy (non-hydrogen) atoms. The second kappa shape index (κ2) is 8.45. The molecule has 0 saturated heterocycles. The lowest BCUT2D eigenvalue weighted by Gasteiger charge is -2.28. The van der Waals surface area contributed by atoms with E-state index >= 15 is 0 Å². The van der Waals surface area contributed by atoms with Crippen molar-refractivity contribution < 1.29 is 4.43 Å². The Labute approximate surface area is 90.6 Å². The summed E-state index contributed by atoms with van der Waals surface area (Å²) >= 11 is 0. The zero-order valence-corrected chi connectivity index (χ0v) is 11.4. The second-order valence-electron chi connectivity index (χ2n) is 3.88. The highest BCUT2D eigenvalue weighted by Crippen LogP contribution is 2.24. The van der Waals surface area contributed by atoms with Crippen LogP contribution in [0.25, 0.3) is 0 Å². The van der Waals surface area contributed by atoms with Crippen molar-refractivity contribution >= 4 is 8.32 Å². The molecule has 0 radical (unpaired) electrons. The first kappa shape index (κ1) is 14.1. The van der Waals surface area contributed by atoms with E-state index in [0.717, 1.165) is 13.2 Å². The molecule has 0 spiro atoms. The Hall–Kier alpha value is 0.137. The maximum absolute atomic E-state index is 6.03. The third-order valence-corrected chi connectivity index (χ3v) is 7.79. The molecule has 0 aromatic carbocycles. The van der Waals surface area contributed by atoms with Crippen LogP contribution in [0.1, 0.15) is 33.6 Å². The van der Waals surface area contributed by atoms with Crippen LogP contribution in [0.15, 0.2) is 0 Å². The monoisotopic (exact) mass is 217 g/mol. The third-order valence-electron chi connectivity index (χ3n) is 3.05. The van der Waals surface area contributed by atoms with Gasteiger partial charge in [-0.1, -0.05) is 20.3 Å². The lowest BCUT2D eigenvalue weighted by atomic mass is 10.3. The summed E-state index contributed by atoms with van der Waals surface area (Å²) in [7, 11) is 0.699. The Kier molecular flexibility index (Phi) is 8.53. The maximum Gasteiger partial charge on any atom is 0.192 e. The standard InChI is InChI=1S/C11H27NOSi/c1-5-13-14(6-2,7-3)11-9-8-10-12-4/h12H,5-11H2,1-4H3. The van der Waals surface area contributed by atoms with Crippen LogP contribution in [0, 0.1) is 0 Å². The highest BCUT2D eigenvalue weighted by atomic mass is 28.4. The lowest BCUT2D eigenvalue weighted by Crippen LogP contribution is -2.36. The molecule has 0 aromatic rings. The third kappa shape index (κ3) is 5.13. The molecule has 0 saturated carbocycles. The molecule has 0 fully saturated rings. The van der Waals surface area contributed by atoms with Gasteiger partial charge in [0.2, 0.25) is 0 Å². The lowest BCUT2D eigenvalue weighted by molar-refractivity contribution is 0.318. The van der Waals surface area contributed by atoms with Gasteiger partial charge in [0.05, 0.1) is 0 Å². The highest BCUT2D eigenvalue weighted by Gasteiger charge is 2.29. The van der Waals surface area contributed by atoms with Gasteiger partial charge in [0.1, 0.15) is 0 Å². The van der Waals surface area contributed by atoms with Crippen molar-refractivity contribution in [2.45, 2.75) is 51.7 Å². The Morgan fingerprint density at radius 2 is 1.71 bits per heavy atom. The van der Waals surface area contributed by atoms with Crippen LogP contribution in [-0.2, 0) is 4.43 Å². The molecular weight excluding hydrogens is 190 g/mol. The summed E-state index contributed by atoms with van der Waals surface area (Å²) < 4.78 is 6.03. The number of hydrogen-bond donors (Lipinski definition) is 1. The van der Waals surface area contributed by atoms with E-state index in [0.29, 0.717) is 0 Å². The predicted octanol–water partition coefficient (Wildman–Crippen LogP) is 3.01. The molecule has 0 aromatic heterocycles. The van der Waals surface area contributed by atoms with Gasteiger partial charge in [0.15, 0.2) is 8.32 Å². The molecule has 0 heterocycles. The van der Waals surface area contributed by atoms with E-state index in [-0.39, 0.29) is 0 Å². The second-order valence-corrected chi connectivity index (χ2v) is 8.45. The minimum Gasteiger partial charge on any atom is -0.417 e. The van der Waals surface area contributed by atoms with Crippen molar-refractivity contribution in [1.29, 1.82) is 0 Å². The van der Waals surface area contributed by atoms with Crippen LogP contribution in [0.2, 0.25) is 18.1 Å². The van der Waals surface area contributed by atoms with Crippen LogP contribution < -0.4 is 5.32 Å². The van der Waals surface area contributed by atoms with Gasteiger partial charge in [-0.2, -0.15) is 0 Å². The Bertz CT molecular complexity index is 126. The van der Waals surface area contributed by atoms with Crippen LogP contribution in [0.5, 0.6) is 0 Å². The fourth-order valence-electron chi connectivity index (χ4n) is 1.93. The van der Waals surface area contributed by atoms with Gasteiger partial charge in [0, 0.05) is 6.61 Å². The first-order valence-electron chi connectivity index (χ1n) is 6.03. The molecule has 0 aliphatic heterocycles. The largest absolute Gasteiger partial charge is 0.417 e. The highest BCUT2D eigenvalue weighted by molar-refractivity contribution is 6.73. The first-order valence-corrected chi connectivity index (χ1v) is 8.56. The van der Waals surface area contributed by atoms with Gasteiger partial charge in [-0.15, -0.1) is 0 Å². The van der Waals surface area contributed by atoms with E-state index in [1.165, 1.54) is 31.0 Å². The molecule has 0 atom stereocenters. The van der Waals surface area contributed by atoms with Gasteiger partial charge in [0.25, 0.3) is 0 Å². The minimum atomic E-state index is -1.32. The van der Waals surface area contributed by atoms with Crippen LogP contribution in [-0.4, -0.2) is 28.5 Å². The Morgan fingerprint density at radius 3 is 2.14 bits per heavy atom. The van der Waals surface area contributed by atoms with Crippen molar-refractivity contribution in [1.82, 2.24) is 5.32 Å². The van der Waals surface area contributed by atoms with E-state index in [1.54, 1.807) is 0 Å². The number of nitrogens with one attached hydrogen (secondary N) is 1. The topological polar surface area (TPSA) is 21.3 Å². The van der Waals surface area contributed by atoms with Gasteiger partial charge in [-0.05, 0) is 45.1 Å². The SMILES string of the molecule is CCO[Si](CC)(CC)CCCCNC. The van der Waals surface area contributed by atoms with E-state index in [2.05, 4.69) is 26.1 Å². The Balaban J connectivity index is 3.82. The molecule has 0 bridgehead atoms. The average Bonchev–Trinajstić information content (AvgIpc) is 2.23. The van der Waals surface area contributed by atoms with E-state index in [9.17, 15) is 0 Å². The van der Waals surface area contributed by atoms with E-state index in [1.807, 2.05) is 7.05 Å². The molecule has 3 heteroatoms. The maximum atomic E-state index is 6.03. The number of hydrogen-bond acceptors (Lipinski definition) is 2. The van der Waals surface area contributed by atoms with Crippen molar-refractivity contribution in [3.8, 4) is 0 Å². The Morgan fingerprint density at radius 1 is 1.07 bits per heavy atom. The van der Waals surface area contributed by atoms with Crippen molar-refractivity contribution in [3.05, 3.63) is 0 Å². The summed E-state index contributed by atoms with van der Waals surface area (Å²) in [5, 5.41) is 3.20. The molecule has 1 N–H and O–H groups in total. The minimum absolute atomic E-state index is 0.903. The molecule has 0 unspecified atom stereocenters. The van der Waals surface area contributed by atoms with E-state index in [4.69, 9.17) is 4.43 Å². The summed E-state index contributed by atoms with van der Waals surface area (Å²) in [6.45, 7) is 8.76. The average molecular weight is 217 g/mol. The molecule has 0 rings (SSSR count). The number of rotatable bonds is 9. The summed E-state index contributed by atoms with van der Waals surface area (Å²) in [6, 6.07) is 3.89. The normalized spacial score (nSPS) is 12.0. The van der Waals surface area contributed by atoms with Gasteiger partial charge >= 0.3 is 0 Å². The first-order chi connectivity index (χ1) is 6.74. The summed E-state index contributed by atoms with van der Waals surface area (Å²) in [4.78, 5) is 0. The molecule has 86 valence electrons. The molecule has 0 amide bonds. The molecule has 0 aliphatic rings. The van der Waals surface area contributed by atoms with Gasteiger partial charge in [-0.25, -0.2) is 0 Å². The molecule has 2 nitrogen and oxygen atoms in total. The quantitative estimate of drug-likeness (QED) is 0.473. The summed E-state index contributed by atoms with van der Waals surface area (Å²) in [5.74, 6) is 0. The summed E-state index contributed by atoms with van der Waals surface area (Å²) in [5.41, 5.74) is 0. The smallest absolute Gasteiger partial charge is 0.192 e. The zero-order valence-electron chi connectivity index (χ0n) is 10.4. The van der Waals surface area contributed by atoms with Crippen LogP contribution in [0.3, 0.4) is 0 Å². The zero-order chi connectivity index (χ0) is 10.9. The van der Waals surface area contributed by atoms with Crippen molar-refractivity contribution in [2.24, 2.45) is 0 Å². The molecule has 0 aliphatic carbocycles. The van der Waals surface area contributed by atoms with Crippen molar-refractivity contribution in [2.75, 3.05) is 20.2 Å². The van der Waals surface area contributed by atoms with Crippen LogP contribution in [0.4, 0.5) is 0 Å². The van der Waals surface area contributed by atoms with E-state index < -0.39 is 8.32 Å². The van der Waals surface area contributed by atoms with Gasteiger partial charge in [-0.3, -0.25) is 0 Å².